The first-order valence-electron chi connectivity index (χ1n) is 8.29. The average Bonchev–Trinajstić information content (AvgIpc) is 2.82. The Morgan fingerprint density at radius 2 is 2.26 bits per heavy atom. The number of aryl methyl sites for hydroxylation is 1. The SMILES string of the molecule is CCC(CNC(=O)OC(C)(C)C)NC1CCCc2sc(Br)cc21. The van der Waals surface area contributed by atoms with E-state index in [4.69, 9.17) is 4.74 Å². The number of ether oxygens (including phenoxy) is 1. The Morgan fingerprint density at radius 3 is 2.91 bits per heavy atom. The molecule has 6 heteroatoms. The minimum Gasteiger partial charge on any atom is -0.444 e. The largest absolute Gasteiger partial charge is 0.444 e. The van der Waals surface area contributed by atoms with Crippen molar-refractivity contribution in [2.75, 3.05) is 6.54 Å². The molecule has 2 rings (SSSR count). The summed E-state index contributed by atoms with van der Waals surface area (Å²) < 4.78 is 6.50. The Labute approximate surface area is 151 Å². The molecule has 1 aliphatic rings. The van der Waals surface area contributed by atoms with Crippen molar-refractivity contribution in [2.24, 2.45) is 0 Å². The van der Waals surface area contributed by atoms with Gasteiger partial charge in [0.2, 0.25) is 0 Å². The van der Waals surface area contributed by atoms with Crippen molar-refractivity contribution in [1.29, 1.82) is 0 Å². The molecule has 0 bridgehead atoms. The molecule has 0 aromatic carbocycles. The van der Waals surface area contributed by atoms with E-state index < -0.39 is 5.60 Å². The predicted molar refractivity (Wildman–Crippen MR) is 99.1 cm³/mol. The van der Waals surface area contributed by atoms with E-state index in [2.05, 4.69) is 39.6 Å². The van der Waals surface area contributed by atoms with Crippen LogP contribution in [0.25, 0.3) is 0 Å². The van der Waals surface area contributed by atoms with Gasteiger partial charge in [-0.1, -0.05) is 6.92 Å². The van der Waals surface area contributed by atoms with Gasteiger partial charge in [-0.3, -0.25) is 0 Å². The van der Waals surface area contributed by atoms with Gasteiger partial charge in [0.15, 0.2) is 0 Å². The summed E-state index contributed by atoms with van der Waals surface area (Å²) in [5.41, 5.74) is 0.962. The summed E-state index contributed by atoms with van der Waals surface area (Å²) >= 11 is 5.44. The standard InChI is InChI=1S/C17H27BrN2O2S/c1-5-11(10-19-16(21)22-17(2,3)4)20-13-7-6-8-14-12(13)9-15(18)23-14/h9,11,13,20H,5-8,10H2,1-4H3,(H,19,21). The van der Waals surface area contributed by atoms with E-state index >= 15 is 0 Å². The van der Waals surface area contributed by atoms with Crippen LogP contribution in [-0.2, 0) is 11.2 Å². The lowest BCUT2D eigenvalue weighted by Crippen LogP contribution is -2.44. The molecule has 0 radical (unpaired) electrons. The molecule has 2 unspecified atom stereocenters. The summed E-state index contributed by atoms with van der Waals surface area (Å²) in [6.45, 7) is 8.35. The summed E-state index contributed by atoms with van der Waals surface area (Å²) in [4.78, 5) is 13.3. The van der Waals surface area contributed by atoms with Crippen LogP contribution in [-0.4, -0.2) is 24.3 Å². The van der Waals surface area contributed by atoms with Gasteiger partial charge in [-0.25, -0.2) is 4.79 Å². The van der Waals surface area contributed by atoms with Crippen molar-refractivity contribution >= 4 is 33.4 Å². The van der Waals surface area contributed by atoms with Crippen molar-refractivity contribution in [3.63, 3.8) is 0 Å². The Morgan fingerprint density at radius 1 is 1.52 bits per heavy atom. The van der Waals surface area contributed by atoms with Crippen LogP contribution in [0.5, 0.6) is 0 Å². The number of halogens is 1. The van der Waals surface area contributed by atoms with Crippen LogP contribution in [0.3, 0.4) is 0 Å². The molecule has 23 heavy (non-hydrogen) atoms. The molecule has 2 atom stereocenters. The minimum atomic E-state index is -0.458. The van der Waals surface area contributed by atoms with Crippen molar-refractivity contribution in [3.05, 3.63) is 20.3 Å². The highest BCUT2D eigenvalue weighted by Gasteiger charge is 2.25. The molecule has 1 heterocycles. The zero-order valence-electron chi connectivity index (χ0n) is 14.4. The molecule has 4 nitrogen and oxygen atoms in total. The summed E-state index contributed by atoms with van der Waals surface area (Å²) in [5, 5.41) is 6.59. The van der Waals surface area contributed by atoms with Gasteiger partial charge in [-0.2, -0.15) is 0 Å². The molecule has 0 fully saturated rings. The Hall–Kier alpha value is -0.590. The van der Waals surface area contributed by atoms with Gasteiger partial charge in [0.1, 0.15) is 5.60 Å². The Bertz CT molecular complexity index is 539. The number of carbonyl (C=O) groups excluding carboxylic acids is 1. The van der Waals surface area contributed by atoms with E-state index in [-0.39, 0.29) is 12.1 Å². The number of carbonyl (C=O) groups is 1. The molecular formula is C17H27BrN2O2S. The zero-order valence-corrected chi connectivity index (χ0v) is 16.8. The normalized spacial score (nSPS) is 19.1. The predicted octanol–water partition coefficient (Wildman–Crippen LogP) is 4.78. The van der Waals surface area contributed by atoms with Crippen LogP contribution in [0.4, 0.5) is 4.79 Å². The van der Waals surface area contributed by atoms with Crippen LogP contribution in [0.2, 0.25) is 0 Å². The second-order valence-electron chi connectivity index (χ2n) is 7.03. The second-order valence-corrected chi connectivity index (χ2v) is 9.54. The van der Waals surface area contributed by atoms with Crippen LogP contribution < -0.4 is 10.6 Å². The van der Waals surface area contributed by atoms with Crippen molar-refractivity contribution in [3.8, 4) is 0 Å². The van der Waals surface area contributed by atoms with Crippen LogP contribution >= 0.6 is 27.3 Å². The zero-order chi connectivity index (χ0) is 17.0. The van der Waals surface area contributed by atoms with E-state index in [0.717, 1.165) is 12.8 Å². The highest BCUT2D eigenvalue weighted by molar-refractivity contribution is 9.11. The minimum absolute atomic E-state index is 0.247. The number of thiophene rings is 1. The van der Waals surface area contributed by atoms with Gasteiger partial charge in [-0.05, 0) is 74.0 Å². The fourth-order valence-corrected chi connectivity index (χ4v) is 4.64. The Balaban J connectivity index is 1.89. The van der Waals surface area contributed by atoms with Gasteiger partial charge < -0.3 is 15.4 Å². The van der Waals surface area contributed by atoms with Crippen LogP contribution in [0, 0.1) is 0 Å². The third-order valence-electron chi connectivity index (χ3n) is 3.91. The first-order valence-corrected chi connectivity index (χ1v) is 9.90. The quantitative estimate of drug-likeness (QED) is 0.744. The number of hydrogen-bond donors (Lipinski definition) is 2. The van der Waals surface area contributed by atoms with Gasteiger partial charge in [-0.15, -0.1) is 11.3 Å². The van der Waals surface area contributed by atoms with E-state index in [9.17, 15) is 4.79 Å². The van der Waals surface area contributed by atoms with Crippen LogP contribution in [0.1, 0.15) is 63.4 Å². The van der Waals surface area contributed by atoms with Gasteiger partial charge in [0.25, 0.3) is 0 Å². The molecule has 130 valence electrons. The van der Waals surface area contributed by atoms with Crippen molar-refractivity contribution < 1.29 is 9.53 Å². The van der Waals surface area contributed by atoms with Crippen molar-refractivity contribution in [1.82, 2.24) is 10.6 Å². The number of rotatable bonds is 5. The maximum atomic E-state index is 11.8. The average molecular weight is 403 g/mol. The highest BCUT2D eigenvalue weighted by Crippen LogP contribution is 2.38. The molecule has 2 N–H and O–H groups in total. The lowest BCUT2D eigenvalue weighted by atomic mass is 9.93. The Kier molecular flexibility index (Phi) is 6.51. The molecule has 0 spiro atoms. The molecule has 1 aromatic heterocycles. The van der Waals surface area contributed by atoms with E-state index in [1.807, 2.05) is 32.1 Å². The number of alkyl carbamates (subject to hydrolysis) is 1. The summed E-state index contributed by atoms with van der Waals surface area (Å²) in [6, 6.07) is 2.87. The van der Waals surface area contributed by atoms with Gasteiger partial charge in [0.05, 0.1) is 3.79 Å². The number of fused-ring (bicyclic) bond motifs is 1. The molecule has 1 aromatic rings. The lowest BCUT2D eigenvalue weighted by Gasteiger charge is -2.29. The first kappa shape index (κ1) is 18.7. The molecule has 0 saturated carbocycles. The third kappa shape index (κ3) is 5.76. The molecule has 1 aliphatic carbocycles. The summed E-state index contributed by atoms with van der Waals surface area (Å²) in [6.07, 6.45) is 4.16. The lowest BCUT2D eigenvalue weighted by molar-refractivity contribution is 0.0521. The fraction of sp³-hybridized carbons (Fsp3) is 0.706. The highest BCUT2D eigenvalue weighted by atomic mass is 79.9. The molecule has 0 saturated heterocycles. The maximum Gasteiger partial charge on any atom is 0.407 e. The van der Waals surface area contributed by atoms with Crippen molar-refractivity contribution in [2.45, 2.75) is 71.1 Å². The maximum absolute atomic E-state index is 11.8. The van der Waals surface area contributed by atoms with Crippen LogP contribution in [0.15, 0.2) is 9.85 Å². The summed E-state index contributed by atoms with van der Waals surface area (Å²) in [7, 11) is 0. The summed E-state index contributed by atoms with van der Waals surface area (Å²) in [5.74, 6) is 0. The van der Waals surface area contributed by atoms with Gasteiger partial charge >= 0.3 is 6.09 Å². The number of nitrogens with one attached hydrogen (secondary N) is 2. The first-order chi connectivity index (χ1) is 10.8. The van der Waals surface area contributed by atoms with E-state index in [1.165, 1.54) is 27.1 Å². The smallest absolute Gasteiger partial charge is 0.407 e. The molecule has 0 aliphatic heterocycles. The third-order valence-corrected chi connectivity index (χ3v) is 5.62. The monoisotopic (exact) mass is 402 g/mol. The van der Waals surface area contributed by atoms with E-state index in [1.54, 1.807) is 0 Å². The second kappa shape index (κ2) is 7.99. The number of hydrogen-bond acceptors (Lipinski definition) is 4. The fourth-order valence-electron chi connectivity index (χ4n) is 2.82. The van der Waals surface area contributed by atoms with Gasteiger partial charge in [0, 0.05) is 23.5 Å². The topological polar surface area (TPSA) is 50.4 Å². The number of amides is 1. The molecule has 1 amide bonds. The molecular weight excluding hydrogens is 376 g/mol. The van der Waals surface area contributed by atoms with E-state index in [0.29, 0.717) is 12.6 Å².